The number of aliphatic carboxylic acids is 1. The topological polar surface area (TPSA) is 98.7 Å². The average molecular weight is 279 g/mol. The number of anilines is 1. The molecule has 0 saturated heterocycles. The van der Waals surface area contributed by atoms with E-state index in [4.69, 9.17) is 5.11 Å². The average Bonchev–Trinajstić information content (AvgIpc) is 2.38. The van der Waals surface area contributed by atoms with Crippen molar-refractivity contribution in [3.8, 4) is 0 Å². The molecule has 0 unspecified atom stereocenters. The van der Waals surface area contributed by atoms with E-state index < -0.39 is 17.9 Å². The number of amides is 3. The van der Waals surface area contributed by atoms with Gasteiger partial charge in [-0.05, 0) is 25.1 Å². The van der Waals surface area contributed by atoms with Gasteiger partial charge < -0.3 is 20.6 Å². The highest BCUT2D eigenvalue weighted by molar-refractivity contribution is 5.98. The van der Waals surface area contributed by atoms with Crippen molar-refractivity contribution in [1.82, 2.24) is 10.2 Å². The molecular weight excluding hydrogens is 262 g/mol. The minimum absolute atomic E-state index is 0.273. The molecule has 0 fully saturated rings. The van der Waals surface area contributed by atoms with E-state index in [-0.39, 0.29) is 11.6 Å². The molecule has 7 nitrogen and oxygen atoms in total. The van der Waals surface area contributed by atoms with E-state index in [2.05, 4.69) is 10.6 Å². The molecule has 20 heavy (non-hydrogen) atoms. The van der Waals surface area contributed by atoms with Gasteiger partial charge in [0.05, 0.1) is 0 Å². The number of benzene rings is 1. The van der Waals surface area contributed by atoms with Crippen LogP contribution >= 0.6 is 0 Å². The van der Waals surface area contributed by atoms with E-state index in [0.29, 0.717) is 5.69 Å². The first-order chi connectivity index (χ1) is 9.31. The van der Waals surface area contributed by atoms with E-state index in [1.54, 1.807) is 26.2 Å². The van der Waals surface area contributed by atoms with Gasteiger partial charge >= 0.3 is 12.0 Å². The quantitative estimate of drug-likeness (QED) is 0.765. The molecule has 0 aromatic heterocycles. The fourth-order valence-corrected chi connectivity index (χ4v) is 1.32. The van der Waals surface area contributed by atoms with Crippen LogP contribution in [-0.2, 0) is 4.79 Å². The summed E-state index contributed by atoms with van der Waals surface area (Å²) < 4.78 is 0. The molecule has 3 amide bonds. The largest absolute Gasteiger partial charge is 0.480 e. The molecule has 3 N–H and O–H groups in total. The molecule has 7 heteroatoms. The summed E-state index contributed by atoms with van der Waals surface area (Å²) in [7, 11) is 3.20. The lowest BCUT2D eigenvalue weighted by Gasteiger charge is -2.13. The van der Waals surface area contributed by atoms with Crippen LogP contribution in [0.3, 0.4) is 0 Å². The second-order valence-electron chi connectivity index (χ2n) is 4.44. The third kappa shape index (κ3) is 4.27. The Kier molecular flexibility index (Phi) is 5.08. The number of hydrogen-bond acceptors (Lipinski definition) is 3. The van der Waals surface area contributed by atoms with Crippen molar-refractivity contribution in [2.24, 2.45) is 0 Å². The molecule has 1 aromatic rings. The van der Waals surface area contributed by atoms with Gasteiger partial charge in [0.2, 0.25) is 0 Å². The molecule has 0 heterocycles. The van der Waals surface area contributed by atoms with Crippen LogP contribution < -0.4 is 10.6 Å². The molecule has 0 spiro atoms. The third-order valence-corrected chi connectivity index (χ3v) is 2.50. The van der Waals surface area contributed by atoms with Crippen molar-refractivity contribution in [3.63, 3.8) is 0 Å². The summed E-state index contributed by atoms with van der Waals surface area (Å²) in [6, 6.07) is 4.95. The van der Waals surface area contributed by atoms with Crippen molar-refractivity contribution < 1.29 is 19.5 Å². The highest BCUT2D eigenvalue weighted by atomic mass is 16.4. The molecule has 1 rings (SSSR count). The lowest BCUT2D eigenvalue weighted by molar-refractivity contribution is -0.138. The Morgan fingerprint density at radius 3 is 2.45 bits per heavy atom. The molecule has 0 bridgehead atoms. The summed E-state index contributed by atoms with van der Waals surface area (Å²) in [5.74, 6) is -1.63. The standard InChI is InChI=1S/C13H17N3O4/c1-8(12(18)19)14-11(17)9-5-4-6-10(7-9)15-13(20)16(2)3/h4-8H,1-3H3,(H,14,17)(H,15,20)(H,18,19)/t8-/m1/s1. The zero-order valence-corrected chi connectivity index (χ0v) is 11.5. The van der Waals surface area contributed by atoms with Gasteiger partial charge in [0, 0.05) is 25.3 Å². The van der Waals surface area contributed by atoms with Crippen molar-refractivity contribution in [2.45, 2.75) is 13.0 Å². The summed E-state index contributed by atoms with van der Waals surface area (Å²) in [6.45, 7) is 1.37. The maximum atomic E-state index is 11.8. The van der Waals surface area contributed by atoms with Crippen LogP contribution in [0.1, 0.15) is 17.3 Å². The fourth-order valence-electron chi connectivity index (χ4n) is 1.32. The van der Waals surface area contributed by atoms with Crippen molar-refractivity contribution in [2.75, 3.05) is 19.4 Å². The molecule has 0 aliphatic heterocycles. The Bertz CT molecular complexity index is 528. The number of rotatable bonds is 4. The zero-order chi connectivity index (χ0) is 15.3. The number of carboxylic acid groups (broad SMARTS) is 1. The van der Waals surface area contributed by atoms with Crippen LogP contribution in [0, 0.1) is 0 Å². The number of carboxylic acids is 1. The molecule has 0 saturated carbocycles. The minimum atomic E-state index is -1.12. The predicted octanol–water partition coefficient (Wildman–Crippen LogP) is 0.983. The minimum Gasteiger partial charge on any atom is -0.480 e. The Morgan fingerprint density at radius 1 is 1.25 bits per heavy atom. The first kappa shape index (κ1) is 15.5. The number of carbonyl (C=O) groups excluding carboxylic acids is 2. The van der Waals surface area contributed by atoms with E-state index in [1.165, 1.54) is 24.0 Å². The second-order valence-corrected chi connectivity index (χ2v) is 4.44. The van der Waals surface area contributed by atoms with E-state index in [1.807, 2.05) is 0 Å². The SMILES string of the molecule is C[C@@H](NC(=O)c1cccc(NC(=O)N(C)C)c1)C(=O)O. The van der Waals surface area contributed by atoms with E-state index in [0.717, 1.165) is 0 Å². The van der Waals surface area contributed by atoms with Gasteiger partial charge in [-0.3, -0.25) is 9.59 Å². The van der Waals surface area contributed by atoms with Gasteiger partial charge in [0.1, 0.15) is 6.04 Å². The first-order valence-electron chi connectivity index (χ1n) is 5.93. The van der Waals surface area contributed by atoms with Crippen LogP contribution in [0.5, 0.6) is 0 Å². The van der Waals surface area contributed by atoms with Gasteiger partial charge in [-0.2, -0.15) is 0 Å². The maximum absolute atomic E-state index is 11.8. The molecular formula is C13H17N3O4. The Labute approximate surface area is 116 Å². The van der Waals surface area contributed by atoms with Gasteiger partial charge in [0.15, 0.2) is 0 Å². The van der Waals surface area contributed by atoms with Crippen LogP contribution in [0.4, 0.5) is 10.5 Å². The number of nitrogens with zero attached hydrogens (tertiary/aromatic N) is 1. The summed E-state index contributed by atoms with van der Waals surface area (Å²) in [4.78, 5) is 35.4. The first-order valence-corrected chi connectivity index (χ1v) is 5.93. The molecule has 0 aliphatic carbocycles. The number of hydrogen-bond donors (Lipinski definition) is 3. The van der Waals surface area contributed by atoms with Crippen molar-refractivity contribution in [3.05, 3.63) is 29.8 Å². The van der Waals surface area contributed by atoms with Gasteiger partial charge in [-0.1, -0.05) is 6.07 Å². The molecule has 108 valence electrons. The molecule has 1 aromatic carbocycles. The normalized spacial score (nSPS) is 11.3. The third-order valence-electron chi connectivity index (χ3n) is 2.50. The van der Waals surface area contributed by atoms with Crippen molar-refractivity contribution >= 4 is 23.6 Å². The molecule has 0 aliphatic rings. The summed E-state index contributed by atoms with van der Waals surface area (Å²) in [5.41, 5.74) is 0.731. The van der Waals surface area contributed by atoms with E-state index in [9.17, 15) is 14.4 Å². The van der Waals surface area contributed by atoms with Crippen LogP contribution in [0.25, 0.3) is 0 Å². The predicted molar refractivity (Wildman–Crippen MR) is 73.7 cm³/mol. The number of urea groups is 1. The van der Waals surface area contributed by atoms with Gasteiger partial charge in [0.25, 0.3) is 5.91 Å². The van der Waals surface area contributed by atoms with E-state index >= 15 is 0 Å². The number of nitrogens with one attached hydrogen (secondary N) is 2. The van der Waals surface area contributed by atoms with Gasteiger partial charge in [-0.15, -0.1) is 0 Å². The van der Waals surface area contributed by atoms with Crippen LogP contribution in [0.15, 0.2) is 24.3 Å². The molecule has 0 radical (unpaired) electrons. The Hall–Kier alpha value is -2.57. The van der Waals surface area contributed by atoms with Gasteiger partial charge in [-0.25, -0.2) is 4.79 Å². The monoisotopic (exact) mass is 279 g/mol. The van der Waals surface area contributed by atoms with Crippen LogP contribution in [0.2, 0.25) is 0 Å². The lowest BCUT2D eigenvalue weighted by atomic mass is 10.1. The highest BCUT2D eigenvalue weighted by Crippen LogP contribution is 2.11. The smallest absolute Gasteiger partial charge is 0.325 e. The lowest BCUT2D eigenvalue weighted by Crippen LogP contribution is -2.38. The van der Waals surface area contributed by atoms with Crippen molar-refractivity contribution in [1.29, 1.82) is 0 Å². The maximum Gasteiger partial charge on any atom is 0.325 e. The zero-order valence-electron chi connectivity index (χ0n) is 11.5. The Morgan fingerprint density at radius 2 is 1.90 bits per heavy atom. The summed E-state index contributed by atoms with van der Waals surface area (Å²) in [5, 5.41) is 13.7. The Balaban J connectivity index is 2.80. The second kappa shape index (κ2) is 6.55. The molecule has 1 atom stereocenters. The summed E-state index contributed by atoms with van der Waals surface area (Å²) >= 11 is 0. The van der Waals surface area contributed by atoms with Crippen LogP contribution in [-0.4, -0.2) is 48.1 Å². The number of carbonyl (C=O) groups is 3. The summed E-state index contributed by atoms with van der Waals surface area (Å²) in [6.07, 6.45) is 0. The fraction of sp³-hybridized carbons (Fsp3) is 0.308. The highest BCUT2D eigenvalue weighted by Gasteiger charge is 2.15.